The van der Waals surface area contributed by atoms with E-state index in [1.165, 1.54) is 0 Å². The van der Waals surface area contributed by atoms with Crippen LogP contribution < -0.4 is 0 Å². The van der Waals surface area contributed by atoms with E-state index in [0.717, 1.165) is 28.7 Å². The number of fused-ring (bicyclic) bond motifs is 1. The number of hydrogen-bond acceptors (Lipinski definition) is 4. The van der Waals surface area contributed by atoms with Gasteiger partial charge in [-0.3, -0.25) is 20.2 Å². The van der Waals surface area contributed by atoms with Crippen LogP contribution >= 0.6 is 0 Å². The van der Waals surface area contributed by atoms with Gasteiger partial charge in [-0.2, -0.15) is 0 Å². The molecule has 0 fully saturated rings. The van der Waals surface area contributed by atoms with E-state index in [-0.39, 0.29) is 0 Å². The zero-order valence-electron chi connectivity index (χ0n) is 12.0. The third kappa shape index (κ3) is 2.86. The first-order valence-corrected chi connectivity index (χ1v) is 6.77. The van der Waals surface area contributed by atoms with Gasteiger partial charge in [0.25, 0.3) is 0 Å². The second kappa shape index (κ2) is 5.90. The summed E-state index contributed by atoms with van der Waals surface area (Å²) in [6.45, 7) is 3.71. The van der Waals surface area contributed by atoms with Crippen LogP contribution in [0.15, 0.2) is 24.3 Å². The standard InChI is InChI=1S/C14H17N3O4/c1-3-15-10(2)14(12-6-4-5-7-13(12)15)11(8-16(18)19)9-17(20)21/h4-7,11H,3,8-9H2,1-2H3. The summed E-state index contributed by atoms with van der Waals surface area (Å²) >= 11 is 0. The molecule has 2 aromatic rings. The highest BCUT2D eigenvalue weighted by molar-refractivity contribution is 5.86. The van der Waals surface area contributed by atoms with Crippen molar-refractivity contribution in [2.24, 2.45) is 0 Å². The van der Waals surface area contributed by atoms with E-state index in [2.05, 4.69) is 0 Å². The SMILES string of the molecule is CCn1c(C)c(C(C[N+](=O)[O-])C[N+](=O)[O-])c2ccccc21. The molecule has 21 heavy (non-hydrogen) atoms. The minimum Gasteiger partial charge on any atom is -0.345 e. The molecule has 0 saturated carbocycles. The number of nitro groups is 2. The number of aromatic nitrogens is 1. The van der Waals surface area contributed by atoms with Gasteiger partial charge in [-0.1, -0.05) is 18.2 Å². The Hall–Kier alpha value is -2.44. The van der Waals surface area contributed by atoms with Crippen LogP contribution in [-0.4, -0.2) is 27.5 Å². The molecule has 1 aromatic heterocycles. The van der Waals surface area contributed by atoms with Gasteiger partial charge in [0.2, 0.25) is 13.1 Å². The van der Waals surface area contributed by atoms with Gasteiger partial charge in [-0.15, -0.1) is 0 Å². The summed E-state index contributed by atoms with van der Waals surface area (Å²) in [6.07, 6.45) is 0. The molecular weight excluding hydrogens is 274 g/mol. The van der Waals surface area contributed by atoms with Crippen LogP contribution in [0.4, 0.5) is 0 Å². The lowest BCUT2D eigenvalue weighted by Crippen LogP contribution is -2.21. The highest BCUT2D eigenvalue weighted by atomic mass is 16.6. The van der Waals surface area contributed by atoms with Crippen molar-refractivity contribution < 1.29 is 9.85 Å². The molecule has 7 nitrogen and oxygen atoms in total. The zero-order chi connectivity index (χ0) is 15.6. The van der Waals surface area contributed by atoms with Gasteiger partial charge in [-0.25, -0.2) is 0 Å². The van der Waals surface area contributed by atoms with Crippen molar-refractivity contribution in [3.63, 3.8) is 0 Å². The Morgan fingerprint density at radius 1 is 1.14 bits per heavy atom. The molecule has 112 valence electrons. The maximum absolute atomic E-state index is 10.9. The van der Waals surface area contributed by atoms with Crippen LogP contribution in [0, 0.1) is 27.2 Å². The molecule has 0 amide bonds. The van der Waals surface area contributed by atoms with Crippen molar-refractivity contribution in [1.82, 2.24) is 4.57 Å². The summed E-state index contributed by atoms with van der Waals surface area (Å²) in [5, 5.41) is 22.6. The number of benzene rings is 1. The Morgan fingerprint density at radius 3 is 2.24 bits per heavy atom. The van der Waals surface area contributed by atoms with E-state index >= 15 is 0 Å². The first-order chi connectivity index (χ1) is 9.95. The van der Waals surface area contributed by atoms with Crippen molar-refractivity contribution >= 4 is 10.9 Å². The fraction of sp³-hybridized carbons (Fsp3) is 0.429. The molecule has 0 atom stereocenters. The van der Waals surface area contributed by atoms with Gasteiger partial charge in [0.1, 0.15) is 5.92 Å². The second-order valence-corrected chi connectivity index (χ2v) is 4.99. The molecule has 0 aliphatic carbocycles. The van der Waals surface area contributed by atoms with Crippen molar-refractivity contribution in [2.75, 3.05) is 13.1 Å². The van der Waals surface area contributed by atoms with E-state index in [1.807, 2.05) is 42.7 Å². The first-order valence-electron chi connectivity index (χ1n) is 6.77. The zero-order valence-corrected chi connectivity index (χ0v) is 12.0. The quantitative estimate of drug-likeness (QED) is 0.604. The lowest BCUT2D eigenvalue weighted by atomic mass is 9.96. The molecule has 0 N–H and O–H groups in total. The Balaban J connectivity index is 2.63. The lowest BCUT2D eigenvalue weighted by molar-refractivity contribution is -0.516. The maximum atomic E-state index is 10.9. The van der Waals surface area contributed by atoms with Gasteiger partial charge < -0.3 is 4.57 Å². The Labute approximate surface area is 121 Å². The van der Waals surface area contributed by atoms with Gasteiger partial charge >= 0.3 is 0 Å². The van der Waals surface area contributed by atoms with E-state index in [1.54, 1.807) is 0 Å². The smallest absolute Gasteiger partial charge is 0.217 e. The largest absolute Gasteiger partial charge is 0.345 e. The molecular formula is C14H17N3O4. The minimum atomic E-state index is -0.715. The van der Waals surface area contributed by atoms with Crippen molar-refractivity contribution in [3.8, 4) is 0 Å². The average molecular weight is 291 g/mol. The second-order valence-electron chi connectivity index (χ2n) is 4.99. The molecule has 2 rings (SSSR count). The lowest BCUT2D eigenvalue weighted by Gasteiger charge is -2.10. The molecule has 0 saturated heterocycles. The van der Waals surface area contributed by atoms with Crippen molar-refractivity contribution in [2.45, 2.75) is 26.3 Å². The van der Waals surface area contributed by atoms with E-state index in [4.69, 9.17) is 0 Å². The monoisotopic (exact) mass is 291 g/mol. The summed E-state index contributed by atoms with van der Waals surface area (Å²) in [7, 11) is 0. The topological polar surface area (TPSA) is 91.2 Å². The Kier molecular flexibility index (Phi) is 4.21. The number of hydrogen-bond donors (Lipinski definition) is 0. The number of para-hydroxylation sites is 1. The van der Waals surface area contributed by atoms with E-state index < -0.39 is 28.9 Å². The van der Waals surface area contributed by atoms with Gasteiger partial charge in [-0.05, 0) is 25.5 Å². The van der Waals surface area contributed by atoms with Crippen LogP contribution in [0.25, 0.3) is 10.9 Å². The fourth-order valence-electron chi connectivity index (χ4n) is 2.98. The molecule has 0 aliphatic rings. The normalized spacial score (nSPS) is 11.2. The molecule has 0 radical (unpaired) electrons. The van der Waals surface area contributed by atoms with Gasteiger partial charge in [0.15, 0.2) is 0 Å². The Morgan fingerprint density at radius 2 is 1.71 bits per heavy atom. The van der Waals surface area contributed by atoms with E-state index in [0.29, 0.717) is 0 Å². The number of aryl methyl sites for hydroxylation is 1. The van der Waals surface area contributed by atoms with Crippen LogP contribution in [0.1, 0.15) is 24.1 Å². The van der Waals surface area contributed by atoms with Crippen molar-refractivity contribution in [3.05, 3.63) is 55.8 Å². The van der Waals surface area contributed by atoms with Crippen molar-refractivity contribution in [1.29, 1.82) is 0 Å². The average Bonchev–Trinajstić information content (AvgIpc) is 2.68. The summed E-state index contributed by atoms with van der Waals surface area (Å²) < 4.78 is 2.04. The fourth-order valence-corrected chi connectivity index (χ4v) is 2.98. The number of nitrogens with zero attached hydrogens (tertiary/aromatic N) is 3. The first kappa shape index (κ1) is 15.0. The van der Waals surface area contributed by atoms with Crippen LogP contribution in [0.2, 0.25) is 0 Å². The highest BCUT2D eigenvalue weighted by Crippen LogP contribution is 2.32. The maximum Gasteiger partial charge on any atom is 0.217 e. The number of rotatable bonds is 6. The van der Waals surface area contributed by atoms with Crippen LogP contribution in [0.5, 0.6) is 0 Å². The molecule has 0 bridgehead atoms. The third-order valence-electron chi connectivity index (χ3n) is 3.74. The highest BCUT2D eigenvalue weighted by Gasteiger charge is 2.29. The van der Waals surface area contributed by atoms with Crippen LogP contribution in [-0.2, 0) is 6.54 Å². The molecule has 7 heteroatoms. The summed E-state index contributed by atoms with van der Waals surface area (Å²) in [6, 6.07) is 7.55. The minimum absolute atomic E-state index is 0.431. The molecule has 1 heterocycles. The predicted molar refractivity (Wildman–Crippen MR) is 78.8 cm³/mol. The Bertz CT molecular complexity index is 677. The predicted octanol–water partition coefficient (Wildman–Crippen LogP) is 2.61. The van der Waals surface area contributed by atoms with Gasteiger partial charge in [0, 0.05) is 33.0 Å². The summed E-state index contributed by atoms with van der Waals surface area (Å²) in [5.41, 5.74) is 2.55. The van der Waals surface area contributed by atoms with Gasteiger partial charge in [0.05, 0.1) is 0 Å². The summed E-state index contributed by atoms with van der Waals surface area (Å²) in [5.74, 6) is -0.715. The van der Waals surface area contributed by atoms with E-state index in [9.17, 15) is 20.2 Å². The molecule has 1 aromatic carbocycles. The molecule has 0 spiro atoms. The van der Waals surface area contributed by atoms with Crippen LogP contribution in [0.3, 0.4) is 0 Å². The third-order valence-corrected chi connectivity index (χ3v) is 3.74. The summed E-state index contributed by atoms with van der Waals surface area (Å²) in [4.78, 5) is 20.8. The molecule has 0 aliphatic heterocycles. The molecule has 0 unspecified atom stereocenters.